The molecular formula is C16H14N8O15. The lowest BCUT2D eigenvalue weighted by Gasteiger charge is -2.15. The molecule has 0 spiro atoms. The fraction of sp³-hybridized carbons (Fsp3) is 0.438. The molecule has 1 amide bonds. The van der Waals surface area contributed by atoms with Crippen LogP contribution in [0.4, 0.5) is 0 Å². The Kier molecular flexibility index (Phi) is 8.38. The molecule has 23 nitrogen and oxygen atoms in total. The van der Waals surface area contributed by atoms with Crippen LogP contribution in [-0.2, 0) is 14.3 Å². The Hall–Kier alpha value is -5.77. The second-order valence-corrected chi connectivity index (χ2v) is 7.59. The minimum absolute atomic E-state index is 0.253. The summed E-state index contributed by atoms with van der Waals surface area (Å²) in [5, 5.41) is 70.5. The first-order chi connectivity index (χ1) is 18.1. The molecule has 0 N–H and O–H groups in total. The van der Waals surface area contributed by atoms with Crippen LogP contribution in [0.15, 0.2) is 35.4 Å². The third-order valence-electron chi connectivity index (χ3n) is 5.44. The minimum atomic E-state index is -4.16. The van der Waals surface area contributed by atoms with Crippen LogP contribution in [0.25, 0.3) is 0 Å². The van der Waals surface area contributed by atoms with Crippen molar-refractivity contribution in [3.05, 3.63) is 96.6 Å². The van der Waals surface area contributed by atoms with Crippen molar-refractivity contribution in [2.75, 3.05) is 13.2 Å². The maximum absolute atomic E-state index is 12.7. The van der Waals surface area contributed by atoms with Crippen LogP contribution in [0.3, 0.4) is 0 Å². The highest BCUT2D eigenvalue weighted by Gasteiger charge is 2.72. The van der Waals surface area contributed by atoms with Gasteiger partial charge in [-0.3, -0.25) is 65.5 Å². The van der Waals surface area contributed by atoms with Crippen LogP contribution >= 0.6 is 0 Å². The highest BCUT2D eigenvalue weighted by Crippen LogP contribution is 2.28. The lowest BCUT2D eigenvalue weighted by atomic mass is 9.94. The van der Waals surface area contributed by atoms with Gasteiger partial charge in [0.05, 0.1) is 18.9 Å². The lowest BCUT2D eigenvalue weighted by molar-refractivity contribution is -0.970. The van der Waals surface area contributed by atoms with E-state index >= 15 is 0 Å². The molecule has 1 heterocycles. The maximum Gasteiger partial charge on any atom is 0.734 e. The van der Waals surface area contributed by atoms with Gasteiger partial charge in [-0.25, -0.2) is 9.80 Å². The van der Waals surface area contributed by atoms with Crippen molar-refractivity contribution in [1.29, 1.82) is 0 Å². The van der Waals surface area contributed by atoms with E-state index in [2.05, 4.69) is 9.84 Å². The zero-order chi connectivity index (χ0) is 29.7. The van der Waals surface area contributed by atoms with Gasteiger partial charge in [-0.2, -0.15) is 5.10 Å². The number of nitrogens with zero attached hydrogens (tertiary/aromatic N) is 8. The molecule has 0 saturated carbocycles. The Bertz CT molecular complexity index is 1210. The van der Waals surface area contributed by atoms with Crippen LogP contribution in [0.1, 0.15) is 24.3 Å². The SMILES string of the molecule is O=C(OCC([N+](=O)[O-])([N+](=O)[O-])[N+](=O)[O-])C1=NN(C(=O)CCC([N+](=O)[O-])([N+](=O)[O-])[N+](=O)[O-])C[C@@H]1c1ccccc1. The number of benzene rings is 1. The molecule has 208 valence electrons. The summed E-state index contributed by atoms with van der Waals surface area (Å²) in [4.78, 5) is 80.6. The molecule has 0 fully saturated rings. The number of carbonyl (C=O) groups excluding carboxylic acids is 2. The standard InChI is InChI=1S/C16H14N8O15/c25-12(6-7-15(19(27)28,20(29)30)21(31)32)18-8-11(10-4-2-1-3-5-10)13(17-18)14(26)39-9-16(22(33)34,23(35)36)24(37)38/h1-5,11H,6-9H2/t11-/m1/s1. The van der Waals surface area contributed by atoms with Gasteiger partial charge in [0, 0.05) is 0 Å². The average Bonchev–Trinajstić information content (AvgIpc) is 3.29. The molecule has 1 aliphatic heterocycles. The molecule has 2 rings (SSSR count). The Morgan fingerprint density at radius 3 is 1.72 bits per heavy atom. The fourth-order valence-corrected chi connectivity index (χ4v) is 3.26. The monoisotopic (exact) mass is 558 g/mol. The molecular weight excluding hydrogens is 544 g/mol. The molecule has 0 saturated heterocycles. The van der Waals surface area contributed by atoms with Crippen LogP contribution < -0.4 is 0 Å². The predicted molar refractivity (Wildman–Crippen MR) is 116 cm³/mol. The summed E-state index contributed by atoms with van der Waals surface area (Å²) >= 11 is 0. The highest BCUT2D eigenvalue weighted by atomic mass is 16.8. The molecule has 1 aromatic rings. The molecule has 0 aromatic heterocycles. The Labute approximate surface area is 212 Å². The van der Waals surface area contributed by atoms with E-state index in [1.54, 1.807) is 6.07 Å². The van der Waals surface area contributed by atoms with Gasteiger partial charge in [-0.1, -0.05) is 30.3 Å². The number of ether oxygens (including phenoxy) is 1. The summed E-state index contributed by atoms with van der Waals surface area (Å²) < 4.78 is 4.46. The Balaban J connectivity index is 2.37. The van der Waals surface area contributed by atoms with E-state index in [-0.39, 0.29) is 5.56 Å². The van der Waals surface area contributed by atoms with Gasteiger partial charge in [0.25, 0.3) is 0 Å². The minimum Gasteiger partial charge on any atom is -0.436 e. The van der Waals surface area contributed by atoms with Crippen LogP contribution in [-0.4, -0.2) is 76.9 Å². The second-order valence-electron chi connectivity index (χ2n) is 7.59. The van der Waals surface area contributed by atoms with Gasteiger partial charge in [0.15, 0.2) is 41.7 Å². The Morgan fingerprint density at radius 2 is 1.28 bits per heavy atom. The van der Waals surface area contributed by atoms with Crippen molar-refractivity contribution in [3.63, 3.8) is 0 Å². The molecule has 39 heavy (non-hydrogen) atoms. The van der Waals surface area contributed by atoms with Crippen molar-refractivity contribution in [1.82, 2.24) is 5.01 Å². The highest BCUT2D eigenvalue weighted by molar-refractivity contribution is 6.39. The van der Waals surface area contributed by atoms with E-state index in [4.69, 9.17) is 0 Å². The van der Waals surface area contributed by atoms with Crippen LogP contribution in [0, 0.1) is 60.7 Å². The zero-order valence-corrected chi connectivity index (χ0v) is 19.0. The molecule has 1 aromatic carbocycles. The van der Waals surface area contributed by atoms with E-state index in [0.717, 1.165) is 0 Å². The average molecular weight is 558 g/mol. The van der Waals surface area contributed by atoms with Crippen molar-refractivity contribution >= 4 is 17.6 Å². The summed E-state index contributed by atoms with van der Waals surface area (Å²) in [5.41, 5.74) is -0.481. The molecule has 0 aliphatic carbocycles. The van der Waals surface area contributed by atoms with Crippen molar-refractivity contribution in [2.45, 2.75) is 30.3 Å². The summed E-state index contributed by atoms with van der Waals surface area (Å²) in [6.45, 7) is -2.52. The topological polar surface area (TPSA) is 318 Å². The zero-order valence-electron chi connectivity index (χ0n) is 19.0. The summed E-state index contributed by atoms with van der Waals surface area (Å²) in [5.74, 6) is -12.2. The molecule has 0 unspecified atom stereocenters. The van der Waals surface area contributed by atoms with Crippen molar-refractivity contribution < 1.29 is 43.9 Å². The smallest absolute Gasteiger partial charge is 0.436 e. The predicted octanol–water partition coefficient (Wildman–Crippen LogP) is -0.740. The van der Waals surface area contributed by atoms with Crippen LogP contribution in [0.2, 0.25) is 0 Å². The lowest BCUT2D eigenvalue weighted by Crippen LogP contribution is -2.57. The second kappa shape index (κ2) is 11.1. The summed E-state index contributed by atoms with van der Waals surface area (Å²) in [6.07, 6.45) is -2.69. The first-order valence-electron chi connectivity index (χ1n) is 10.1. The largest absolute Gasteiger partial charge is 0.734 e. The van der Waals surface area contributed by atoms with Gasteiger partial charge in [-0.05, 0) is 5.56 Å². The summed E-state index contributed by atoms with van der Waals surface area (Å²) in [6, 6.07) is 7.31. The number of nitro groups is 6. The fourth-order valence-electron chi connectivity index (χ4n) is 3.26. The number of carbonyl (C=O) groups is 2. The number of esters is 1. The molecule has 1 atom stereocenters. The molecule has 0 bridgehead atoms. The van der Waals surface area contributed by atoms with Crippen molar-refractivity contribution in [2.24, 2.45) is 5.10 Å². The van der Waals surface area contributed by atoms with Crippen LogP contribution in [0.5, 0.6) is 0 Å². The maximum atomic E-state index is 12.7. The van der Waals surface area contributed by atoms with Gasteiger partial charge in [0.2, 0.25) is 5.91 Å². The molecule has 23 heteroatoms. The number of hydrogen-bond acceptors (Lipinski definition) is 16. The van der Waals surface area contributed by atoms with Crippen molar-refractivity contribution in [3.8, 4) is 0 Å². The first-order valence-corrected chi connectivity index (χ1v) is 10.1. The van der Waals surface area contributed by atoms with Gasteiger partial charge >= 0.3 is 24.1 Å². The normalized spacial score (nSPS) is 15.1. The third kappa shape index (κ3) is 5.35. The van der Waals surface area contributed by atoms with Gasteiger partial charge < -0.3 is 4.74 Å². The summed E-state index contributed by atoms with van der Waals surface area (Å²) in [7, 11) is 0. The number of hydrogen-bond donors (Lipinski definition) is 0. The van der Waals surface area contributed by atoms with E-state index in [9.17, 15) is 70.3 Å². The first kappa shape index (κ1) is 29.5. The van der Waals surface area contributed by atoms with E-state index in [0.29, 0.717) is 5.01 Å². The van der Waals surface area contributed by atoms with E-state index in [1.807, 2.05) is 0 Å². The quantitative estimate of drug-likeness (QED) is 0.124. The molecule has 0 radical (unpaired) electrons. The van der Waals surface area contributed by atoms with Gasteiger partial charge in [0.1, 0.15) is 0 Å². The van der Waals surface area contributed by atoms with E-state index < -0.39 is 90.6 Å². The molecule has 1 aliphatic rings. The number of amides is 1. The van der Waals surface area contributed by atoms with E-state index in [1.165, 1.54) is 24.3 Å². The Morgan fingerprint density at radius 1 is 0.821 bits per heavy atom. The number of rotatable bonds is 13. The third-order valence-corrected chi connectivity index (χ3v) is 5.44. The number of hydrazone groups is 1. The van der Waals surface area contributed by atoms with Gasteiger partial charge in [-0.15, -0.1) is 0 Å².